The Morgan fingerprint density at radius 2 is 2.11 bits per heavy atom. The molecule has 1 atom stereocenters. The fourth-order valence-corrected chi connectivity index (χ4v) is 2.89. The third-order valence-electron chi connectivity index (χ3n) is 3.66. The maximum Gasteiger partial charge on any atom is 0.303 e. The van der Waals surface area contributed by atoms with E-state index in [4.69, 9.17) is 16.7 Å². The summed E-state index contributed by atoms with van der Waals surface area (Å²) in [6.45, 7) is 4.22. The summed E-state index contributed by atoms with van der Waals surface area (Å²) < 4.78 is 0. The molecule has 1 aromatic rings. The van der Waals surface area contributed by atoms with Crippen molar-refractivity contribution in [1.82, 2.24) is 0 Å². The van der Waals surface area contributed by atoms with Crippen molar-refractivity contribution in [3.05, 3.63) is 34.3 Å². The van der Waals surface area contributed by atoms with Crippen LogP contribution in [0.5, 0.6) is 0 Å². The quantitative estimate of drug-likeness (QED) is 0.856. The average Bonchev–Trinajstić information content (AvgIpc) is 3.08. The molecule has 1 aliphatic rings. The van der Waals surface area contributed by atoms with E-state index in [1.165, 1.54) is 0 Å². The molecule has 0 bridgehead atoms. The molecule has 98 valence electrons. The summed E-state index contributed by atoms with van der Waals surface area (Å²) in [6.07, 6.45) is 2.49. The molecule has 3 heteroatoms. The van der Waals surface area contributed by atoms with Crippen LogP contribution in [0, 0.1) is 5.92 Å². The van der Waals surface area contributed by atoms with E-state index in [2.05, 4.69) is 13.8 Å². The minimum Gasteiger partial charge on any atom is -0.481 e. The molecule has 0 amide bonds. The van der Waals surface area contributed by atoms with Crippen molar-refractivity contribution < 1.29 is 9.90 Å². The molecule has 0 aliphatic heterocycles. The zero-order chi connectivity index (χ0) is 13.3. The van der Waals surface area contributed by atoms with Gasteiger partial charge in [-0.05, 0) is 47.8 Å². The van der Waals surface area contributed by atoms with E-state index >= 15 is 0 Å². The Morgan fingerprint density at radius 1 is 1.44 bits per heavy atom. The van der Waals surface area contributed by atoms with Crippen LogP contribution in [0.15, 0.2) is 18.2 Å². The van der Waals surface area contributed by atoms with Gasteiger partial charge >= 0.3 is 5.97 Å². The highest BCUT2D eigenvalue weighted by atomic mass is 35.5. The zero-order valence-corrected chi connectivity index (χ0v) is 11.6. The van der Waals surface area contributed by atoms with Crippen molar-refractivity contribution in [2.75, 3.05) is 0 Å². The second-order valence-corrected chi connectivity index (χ2v) is 5.88. The Bertz CT molecular complexity index is 450. The van der Waals surface area contributed by atoms with Gasteiger partial charge in [-0.15, -0.1) is 0 Å². The molecule has 0 aromatic heterocycles. The largest absolute Gasteiger partial charge is 0.481 e. The van der Waals surface area contributed by atoms with Gasteiger partial charge in [-0.25, -0.2) is 0 Å². The smallest absolute Gasteiger partial charge is 0.303 e. The SMILES string of the molecule is CC(C)c1ccc(C(CC(=O)O)C2CC2)cc1Cl. The molecule has 1 aromatic carbocycles. The van der Waals surface area contributed by atoms with Crippen molar-refractivity contribution in [3.8, 4) is 0 Å². The first-order chi connectivity index (χ1) is 8.49. The van der Waals surface area contributed by atoms with Crippen LogP contribution in [-0.2, 0) is 4.79 Å². The summed E-state index contributed by atoms with van der Waals surface area (Å²) >= 11 is 6.28. The Balaban J connectivity index is 2.25. The van der Waals surface area contributed by atoms with Gasteiger partial charge in [0.15, 0.2) is 0 Å². The maximum absolute atomic E-state index is 10.9. The van der Waals surface area contributed by atoms with Crippen LogP contribution in [0.2, 0.25) is 5.02 Å². The number of rotatable bonds is 5. The maximum atomic E-state index is 10.9. The van der Waals surface area contributed by atoms with Gasteiger partial charge in [0, 0.05) is 5.02 Å². The fraction of sp³-hybridized carbons (Fsp3) is 0.533. The number of carboxylic acid groups (broad SMARTS) is 1. The predicted molar refractivity (Wildman–Crippen MR) is 73.3 cm³/mol. The van der Waals surface area contributed by atoms with Gasteiger partial charge in [0.25, 0.3) is 0 Å². The lowest BCUT2D eigenvalue weighted by Gasteiger charge is -2.17. The minimum atomic E-state index is -0.726. The van der Waals surface area contributed by atoms with E-state index in [0.29, 0.717) is 11.8 Å². The van der Waals surface area contributed by atoms with Gasteiger partial charge in [0.2, 0.25) is 0 Å². The molecule has 1 saturated carbocycles. The third kappa shape index (κ3) is 3.05. The fourth-order valence-electron chi connectivity index (χ4n) is 2.49. The Morgan fingerprint density at radius 3 is 2.56 bits per heavy atom. The Kier molecular flexibility index (Phi) is 3.96. The van der Waals surface area contributed by atoms with E-state index in [-0.39, 0.29) is 12.3 Å². The lowest BCUT2D eigenvalue weighted by atomic mass is 9.89. The minimum absolute atomic E-state index is 0.126. The molecule has 0 spiro atoms. The van der Waals surface area contributed by atoms with Gasteiger partial charge < -0.3 is 5.11 Å². The molecule has 0 heterocycles. The van der Waals surface area contributed by atoms with Crippen molar-refractivity contribution in [1.29, 1.82) is 0 Å². The average molecular weight is 267 g/mol. The monoisotopic (exact) mass is 266 g/mol. The first-order valence-electron chi connectivity index (χ1n) is 6.50. The first-order valence-corrected chi connectivity index (χ1v) is 6.88. The van der Waals surface area contributed by atoms with Gasteiger partial charge in [0.1, 0.15) is 0 Å². The summed E-state index contributed by atoms with van der Waals surface area (Å²) in [4.78, 5) is 10.9. The van der Waals surface area contributed by atoms with Crippen LogP contribution < -0.4 is 0 Å². The number of halogens is 1. The van der Waals surface area contributed by atoms with E-state index < -0.39 is 5.97 Å². The van der Waals surface area contributed by atoms with Gasteiger partial charge in [-0.1, -0.05) is 37.6 Å². The lowest BCUT2D eigenvalue weighted by molar-refractivity contribution is -0.137. The lowest BCUT2D eigenvalue weighted by Crippen LogP contribution is -2.08. The second-order valence-electron chi connectivity index (χ2n) is 5.48. The molecule has 0 radical (unpaired) electrons. The molecular formula is C15H19ClO2. The predicted octanol–water partition coefficient (Wildman–Crippen LogP) is 4.43. The number of carboxylic acids is 1. The summed E-state index contributed by atoms with van der Waals surface area (Å²) in [5.41, 5.74) is 2.21. The highest BCUT2D eigenvalue weighted by molar-refractivity contribution is 6.31. The number of hydrogen-bond donors (Lipinski definition) is 1. The Hall–Kier alpha value is -1.02. The third-order valence-corrected chi connectivity index (χ3v) is 3.99. The van der Waals surface area contributed by atoms with E-state index in [0.717, 1.165) is 29.0 Å². The normalized spacial score (nSPS) is 16.9. The van der Waals surface area contributed by atoms with Gasteiger partial charge in [0.05, 0.1) is 6.42 Å². The van der Waals surface area contributed by atoms with Crippen LogP contribution in [0.1, 0.15) is 56.1 Å². The summed E-state index contributed by atoms with van der Waals surface area (Å²) in [5, 5.41) is 9.76. The highest BCUT2D eigenvalue weighted by Crippen LogP contribution is 2.45. The Labute approximate surface area is 113 Å². The number of aliphatic carboxylic acids is 1. The van der Waals surface area contributed by atoms with E-state index in [9.17, 15) is 4.79 Å². The van der Waals surface area contributed by atoms with Crippen molar-refractivity contribution >= 4 is 17.6 Å². The number of benzene rings is 1. The molecule has 1 unspecified atom stereocenters. The van der Waals surface area contributed by atoms with Crippen molar-refractivity contribution in [3.63, 3.8) is 0 Å². The molecule has 1 aliphatic carbocycles. The molecule has 0 saturated heterocycles. The second kappa shape index (κ2) is 5.31. The van der Waals surface area contributed by atoms with Crippen LogP contribution in [-0.4, -0.2) is 11.1 Å². The first kappa shape index (κ1) is 13.4. The standard InChI is InChI=1S/C15H19ClO2/c1-9(2)12-6-5-11(7-14(12)16)13(8-15(17)18)10-3-4-10/h5-7,9-10,13H,3-4,8H2,1-2H3,(H,17,18). The van der Waals surface area contributed by atoms with Crippen molar-refractivity contribution in [2.45, 2.75) is 44.9 Å². The summed E-state index contributed by atoms with van der Waals surface area (Å²) in [7, 11) is 0. The van der Waals surface area contributed by atoms with E-state index in [1.54, 1.807) is 0 Å². The topological polar surface area (TPSA) is 37.3 Å². The molecule has 2 nitrogen and oxygen atoms in total. The number of carbonyl (C=O) groups is 1. The highest BCUT2D eigenvalue weighted by Gasteiger charge is 2.33. The van der Waals surface area contributed by atoms with Gasteiger partial charge in [-0.3, -0.25) is 4.79 Å². The van der Waals surface area contributed by atoms with Gasteiger partial charge in [-0.2, -0.15) is 0 Å². The van der Waals surface area contributed by atoms with Crippen LogP contribution >= 0.6 is 11.6 Å². The molecule has 1 N–H and O–H groups in total. The summed E-state index contributed by atoms with van der Waals surface area (Å²) in [5.74, 6) is 0.324. The molecule has 18 heavy (non-hydrogen) atoms. The molecule has 1 fully saturated rings. The zero-order valence-electron chi connectivity index (χ0n) is 10.8. The van der Waals surface area contributed by atoms with Crippen molar-refractivity contribution in [2.24, 2.45) is 5.92 Å². The van der Waals surface area contributed by atoms with Crippen LogP contribution in [0.25, 0.3) is 0 Å². The van der Waals surface area contributed by atoms with E-state index in [1.807, 2.05) is 18.2 Å². The molecular weight excluding hydrogens is 248 g/mol. The number of hydrogen-bond acceptors (Lipinski definition) is 1. The van der Waals surface area contributed by atoms with Crippen LogP contribution in [0.3, 0.4) is 0 Å². The summed E-state index contributed by atoms with van der Waals surface area (Å²) in [6, 6.07) is 6.05. The van der Waals surface area contributed by atoms with Crippen LogP contribution in [0.4, 0.5) is 0 Å². The molecule has 2 rings (SSSR count).